The summed E-state index contributed by atoms with van der Waals surface area (Å²) in [5, 5.41) is 8.15. The Morgan fingerprint density at radius 2 is 1.59 bits per heavy atom. The third-order valence-electron chi connectivity index (χ3n) is 4.76. The lowest BCUT2D eigenvalue weighted by atomic mass is 10.1. The molecule has 3 aromatic rings. The van der Waals surface area contributed by atoms with Gasteiger partial charge in [-0.1, -0.05) is 35.0 Å². The fraction of sp³-hybridized carbons (Fsp3) is 0.385. The van der Waals surface area contributed by atoms with Crippen LogP contribution in [0.5, 0.6) is 5.75 Å². The molecule has 0 N–H and O–H groups in total. The number of carbonyl (C=O) groups excluding carboxylic acids is 2. The second kappa shape index (κ2) is 10.1. The summed E-state index contributed by atoms with van der Waals surface area (Å²) < 4.78 is 18.2. The molecule has 0 saturated heterocycles. The second-order valence-corrected chi connectivity index (χ2v) is 9.61. The van der Waals surface area contributed by atoms with Gasteiger partial charge in [0.2, 0.25) is 0 Å². The molecule has 0 aliphatic carbocycles. The average Bonchev–Trinajstić information content (AvgIpc) is 3.20. The van der Waals surface area contributed by atoms with Gasteiger partial charge in [-0.3, -0.25) is 0 Å². The van der Waals surface area contributed by atoms with Crippen molar-refractivity contribution in [1.29, 1.82) is 0 Å². The van der Waals surface area contributed by atoms with Crippen LogP contribution < -0.4 is 4.74 Å². The number of esters is 2. The lowest BCUT2D eigenvalue weighted by Gasteiger charge is -2.29. The third kappa shape index (κ3) is 7.16. The van der Waals surface area contributed by atoms with E-state index in [2.05, 4.69) is 10.3 Å². The molecular weight excluding hydrogens is 434 g/mol. The Bertz CT molecular complexity index is 1130. The Labute approximate surface area is 199 Å². The molecule has 0 bridgehead atoms. The zero-order chi connectivity index (χ0) is 24.9. The molecular formula is C26H31N3O5. The molecule has 0 fully saturated rings. The quantitative estimate of drug-likeness (QED) is 0.453. The molecule has 0 atom stereocenters. The molecule has 3 rings (SSSR count). The topological polar surface area (TPSA) is 92.5 Å². The van der Waals surface area contributed by atoms with Crippen LogP contribution in [0.3, 0.4) is 0 Å². The molecule has 0 unspecified atom stereocenters. The lowest BCUT2D eigenvalue weighted by molar-refractivity contribution is -0.170. The highest BCUT2D eigenvalue weighted by Crippen LogP contribution is 2.22. The van der Waals surface area contributed by atoms with Crippen LogP contribution >= 0.6 is 0 Å². The summed E-state index contributed by atoms with van der Waals surface area (Å²) in [5.74, 6) is -0.531. The normalized spacial score (nSPS) is 11.7. The molecule has 1 aromatic heterocycles. The highest BCUT2D eigenvalue weighted by Gasteiger charge is 2.34. The number of rotatable bonds is 8. The van der Waals surface area contributed by atoms with E-state index in [1.54, 1.807) is 69.8 Å². The Balaban J connectivity index is 1.52. The van der Waals surface area contributed by atoms with E-state index in [1.807, 2.05) is 31.2 Å². The average molecular weight is 466 g/mol. The zero-order valence-corrected chi connectivity index (χ0v) is 20.5. The minimum absolute atomic E-state index is 0.0106. The van der Waals surface area contributed by atoms with E-state index in [1.165, 1.54) is 5.56 Å². The van der Waals surface area contributed by atoms with Gasteiger partial charge in [-0.05, 0) is 71.4 Å². The van der Waals surface area contributed by atoms with E-state index in [0.717, 1.165) is 5.56 Å². The second-order valence-electron chi connectivity index (χ2n) is 9.61. The summed E-state index contributed by atoms with van der Waals surface area (Å²) in [7, 11) is 0. The largest absolute Gasteiger partial charge is 0.476 e. The van der Waals surface area contributed by atoms with Gasteiger partial charge in [0.05, 0.1) is 18.3 Å². The van der Waals surface area contributed by atoms with Gasteiger partial charge in [0, 0.05) is 0 Å². The van der Waals surface area contributed by atoms with Crippen LogP contribution in [0.1, 0.15) is 61.8 Å². The molecule has 180 valence electrons. The van der Waals surface area contributed by atoms with Crippen molar-refractivity contribution >= 4 is 11.9 Å². The molecule has 1 heterocycles. The maximum absolute atomic E-state index is 12.4. The number of hydrogen-bond donors (Lipinski definition) is 0. The molecule has 0 saturated carbocycles. The van der Waals surface area contributed by atoms with Crippen molar-refractivity contribution in [2.45, 2.75) is 65.9 Å². The summed E-state index contributed by atoms with van der Waals surface area (Å²) in [6.07, 6.45) is 1.75. The van der Waals surface area contributed by atoms with Crippen molar-refractivity contribution in [3.05, 3.63) is 77.1 Å². The predicted octanol–water partition coefficient (Wildman–Crippen LogP) is 4.49. The maximum Gasteiger partial charge on any atom is 0.350 e. The van der Waals surface area contributed by atoms with E-state index in [-0.39, 0.29) is 6.61 Å². The van der Waals surface area contributed by atoms with Crippen LogP contribution in [0.2, 0.25) is 0 Å². The molecule has 0 aliphatic heterocycles. The minimum atomic E-state index is -1.18. The molecule has 0 spiro atoms. The number of carbonyl (C=O) groups is 2. The van der Waals surface area contributed by atoms with Gasteiger partial charge in [-0.2, -0.15) is 0 Å². The predicted molar refractivity (Wildman–Crippen MR) is 126 cm³/mol. The summed E-state index contributed by atoms with van der Waals surface area (Å²) in [4.78, 5) is 24.8. The summed E-state index contributed by atoms with van der Waals surface area (Å²) in [5.41, 5.74) is 1.42. The number of hydrogen-bond acceptors (Lipinski definition) is 7. The first-order valence-corrected chi connectivity index (χ1v) is 11.1. The number of nitrogens with zero attached hydrogens (tertiary/aromatic N) is 3. The molecule has 0 aliphatic rings. The van der Waals surface area contributed by atoms with E-state index in [4.69, 9.17) is 14.2 Å². The monoisotopic (exact) mass is 465 g/mol. The van der Waals surface area contributed by atoms with Gasteiger partial charge in [0.1, 0.15) is 23.7 Å². The fourth-order valence-electron chi connectivity index (χ4n) is 2.98. The summed E-state index contributed by atoms with van der Waals surface area (Å²) in [6, 6.07) is 14.6. The van der Waals surface area contributed by atoms with Crippen molar-refractivity contribution in [2.75, 3.05) is 0 Å². The van der Waals surface area contributed by atoms with Gasteiger partial charge < -0.3 is 14.2 Å². The standard InChI is InChI=1S/C26H31N3O5/c1-18-7-9-19(10-8-18)15-29-16-21(27-28-29)17-32-23(30)20-11-13-22(14-12-20)33-26(5,6)24(31)34-25(2,3)4/h7-14,16H,15,17H2,1-6H3. The molecule has 8 nitrogen and oxygen atoms in total. The summed E-state index contributed by atoms with van der Waals surface area (Å²) >= 11 is 0. The van der Waals surface area contributed by atoms with Crippen molar-refractivity contribution < 1.29 is 23.8 Å². The number of benzene rings is 2. The summed E-state index contributed by atoms with van der Waals surface area (Å²) in [6.45, 7) is 11.3. The molecule has 34 heavy (non-hydrogen) atoms. The SMILES string of the molecule is Cc1ccc(Cn2cc(COC(=O)c3ccc(OC(C)(C)C(=O)OC(C)(C)C)cc3)nn2)cc1. The Morgan fingerprint density at radius 3 is 2.21 bits per heavy atom. The van der Waals surface area contributed by atoms with Crippen LogP contribution in [-0.2, 0) is 27.4 Å². The number of aryl methyl sites for hydroxylation is 1. The van der Waals surface area contributed by atoms with E-state index < -0.39 is 23.1 Å². The smallest absolute Gasteiger partial charge is 0.350 e. The van der Waals surface area contributed by atoms with E-state index in [9.17, 15) is 9.59 Å². The third-order valence-corrected chi connectivity index (χ3v) is 4.76. The van der Waals surface area contributed by atoms with Crippen LogP contribution in [0.15, 0.2) is 54.7 Å². The highest BCUT2D eigenvalue weighted by atomic mass is 16.6. The Morgan fingerprint density at radius 1 is 0.941 bits per heavy atom. The van der Waals surface area contributed by atoms with Crippen molar-refractivity contribution in [1.82, 2.24) is 15.0 Å². The van der Waals surface area contributed by atoms with Gasteiger partial charge in [-0.15, -0.1) is 5.10 Å². The Kier molecular flexibility index (Phi) is 7.39. The first-order chi connectivity index (χ1) is 15.9. The van der Waals surface area contributed by atoms with Crippen LogP contribution in [0, 0.1) is 6.92 Å². The first kappa shape index (κ1) is 25.0. The van der Waals surface area contributed by atoms with Crippen LogP contribution in [-0.4, -0.2) is 38.1 Å². The Hall–Kier alpha value is -3.68. The van der Waals surface area contributed by atoms with Crippen LogP contribution in [0.25, 0.3) is 0 Å². The molecule has 8 heteroatoms. The van der Waals surface area contributed by atoms with Gasteiger partial charge in [0.25, 0.3) is 0 Å². The molecule has 0 radical (unpaired) electrons. The van der Waals surface area contributed by atoms with E-state index in [0.29, 0.717) is 23.6 Å². The number of aromatic nitrogens is 3. The maximum atomic E-state index is 12.4. The van der Waals surface area contributed by atoms with Gasteiger partial charge in [0.15, 0.2) is 5.60 Å². The minimum Gasteiger partial charge on any atom is -0.476 e. The first-order valence-electron chi connectivity index (χ1n) is 11.1. The van der Waals surface area contributed by atoms with Crippen LogP contribution in [0.4, 0.5) is 0 Å². The highest BCUT2D eigenvalue weighted by molar-refractivity contribution is 5.89. The van der Waals surface area contributed by atoms with Gasteiger partial charge >= 0.3 is 11.9 Å². The molecule has 0 amide bonds. The lowest BCUT2D eigenvalue weighted by Crippen LogP contribution is -2.43. The van der Waals surface area contributed by atoms with Crippen molar-refractivity contribution in [3.8, 4) is 5.75 Å². The molecule has 2 aromatic carbocycles. The van der Waals surface area contributed by atoms with Crippen molar-refractivity contribution in [3.63, 3.8) is 0 Å². The zero-order valence-electron chi connectivity index (χ0n) is 20.5. The fourth-order valence-corrected chi connectivity index (χ4v) is 2.98. The van der Waals surface area contributed by atoms with Gasteiger partial charge in [-0.25, -0.2) is 14.3 Å². The number of ether oxygens (including phenoxy) is 3. The van der Waals surface area contributed by atoms with E-state index >= 15 is 0 Å². The van der Waals surface area contributed by atoms with Crippen molar-refractivity contribution in [2.24, 2.45) is 0 Å².